The number of carbonyl (C=O) groups excluding carboxylic acids is 1. The molecule has 25 heavy (non-hydrogen) atoms. The third-order valence-electron chi connectivity index (χ3n) is 4.12. The van der Waals surface area contributed by atoms with Crippen LogP contribution in [0, 0.1) is 5.92 Å². The van der Waals surface area contributed by atoms with Gasteiger partial charge in [-0.25, -0.2) is 4.79 Å². The molecule has 1 aliphatic rings. The lowest BCUT2D eigenvalue weighted by atomic mass is 9.79. The van der Waals surface area contributed by atoms with Gasteiger partial charge in [-0.2, -0.15) is 13.2 Å². The van der Waals surface area contributed by atoms with E-state index in [-0.39, 0.29) is 5.56 Å². The molecule has 0 unspecified atom stereocenters. The van der Waals surface area contributed by atoms with Crippen molar-refractivity contribution in [2.45, 2.75) is 25.4 Å². The monoisotopic (exact) mass is 347 g/mol. The van der Waals surface area contributed by atoms with Gasteiger partial charge in [0.15, 0.2) is 0 Å². The number of nitrogens with zero attached hydrogens (tertiary/aromatic N) is 1. The summed E-state index contributed by atoms with van der Waals surface area (Å²) in [5, 5.41) is 3.81. The van der Waals surface area contributed by atoms with Crippen molar-refractivity contribution in [3.8, 4) is 0 Å². The number of oxime groups is 1. The molecule has 0 N–H and O–H groups in total. The second-order valence-corrected chi connectivity index (χ2v) is 6.08. The summed E-state index contributed by atoms with van der Waals surface area (Å²) < 4.78 is 37.4. The summed E-state index contributed by atoms with van der Waals surface area (Å²) in [6.45, 7) is 0. The molecule has 0 radical (unpaired) electrons. The third kappa shape index (κ3) is 4.47. The molecule has 1 fully saturated rings. The van der Waals surface area contributed by atoms with E-state index in [9.17, 15) is 18.0 Å². The molecule has 0 atom stereocenters. The Morgan fingerprint density at radius 1 is 1.04 bits per heavy atom. The maximum absolute atomic E-state index is 12.5. The summed E-state index contributed by atoms with van der Waals surface area (Å²) in [6, 6.07) is 14.0. The van der Waals surface area contributed by atoms with Crippen molar-refractivity contribution in [3.05, 3.63) is 71.3 Å². The minimum absolute atomic E-state index is 0.0394. The van der Waals surface area contributed by atoms with Gasteiger partial charge in [-0.3, -0.25) is 0 Å². The quantitative estimate of drug-likeness (QED) is 0.584. The molecule has 0 aromatic heterocycles. The predicted molar refractivity (Wildman–Crippen MR) is 87.2 cm³/mol. The number of hydrogen-bond acceptors (Lipinski definition) is 3. The maximum atomic E-state index is 12.5. The van der Waals surface area contributed by atoms with Gasteiger partial charge in [0.2, 0.25) is 0 Å². The van der Waals surface area contributed by atoms with Crippen molar-refractivity contribution in [1.82, 2.24) is 0 Å². The Bertz CT molecular complexity index is 760. The van der Waals surface area contributed by atoms with Crippen molar-refractivity contribution in [2.24, 2.45) is 11.1 Å². The molecule has 0 heterocycles. The molecular formula is C19H16F3NO2. The molecule has 3 rings (SSSR count). The molecule has 0 saturated heterocycles. The van der Waals surface area contributed by atoms with E-state index in [1.807, 2.05) is 18.2 Å². The highest BCUT2D eigenvalue weighted by molar-refractivity contribution is 5.92. The Balaban J connectivity index is 1.49. The largest absolute Gasteiger partial charge is 0.416 e. The minimum atomic E-state index is -4.43. The van der Waals surface area contributed by atoms with Crippen molar-refractivity contribution in [3.63, 3.8) is 0 Å². The van der Waals surface area contributed by atoms with E-state index in [2.05, 4.69) is 17.3 Å². The Labute approximate surface area is 143 Å². The summed E-state index contributed by atoms with van der Waals surface area (Å²) in [5.41, 5.74) is 1.28. The Hall–Kier alpha value is -2.63. The van der Waals surface area contributed by atoms with E-state index in [4.69, 9.17) is 4.84 Å². The first-order chi connectivity index (χ1) is 11.9. The Morgan fingerprint density at radius 2 is 1.68 bits per heavy atom. The number of benzene rings is 2. The zero-order valence-corrected chi connectivity index (χ0v) is 13.3. The number of carbonyl (C=O) groups is 1. The number of hydrogen-bond donors (Lipinski definition) is 0. The van der Waals surface area contributed by atoms with Crippen LogP contribution in [0.1, 0.15) is 34.3 Å². The van der Waals surface area contributed by atoms with E-state index >= 15 is 0 Å². The van der Waals surface area contributed by atoms with Crippen molar-refractivity contribution in [2.75, 3.05) is 0 Å². The maximum Gasteiger partial charge on any atom is 0.416 e. The summed E-state index contributed by atoms with van der Waals surface area (Å²) in [7, 11) is 0. The van der Waals surface area contributed by atoms with E-state index < -0.39 is 17.7 Å². The van der Waals surface area contributed by atoms with Crippen LogP contribution in [0.5, 0.6) is 0 Å². The second-order valence-electron chi connectivity index (χ2n) is 6.08. The second kappa shape index (κ2) is 7.09. The van der Waals surface area contributed by atoms with Crippen molar-refractivity contribution >= 4 is 11.7 Å². The highest BCUT2D eigenvalue weighted by Gasteiger charge is 2.30. The smallest absolute Gasteiger partial charge is 0.313 e. The van der Waals surface area contributed by atoms with Crippen LogP contribution in [0.15, 0.2) is 59.8 Å². The van der Waals surface area contributed by atoms with Gasteiger partial charge >= 0.3 is 12.1 Å². The molecule has 3 nitrogen and oxygen atoms in total. The van der Waals surface area contributed by atoms with Crippen LogP contribution >= 0.6 is 0 Å². The lowest BCUT2D eigenvalue weighted by molar-refractivity contribution is -0.137. The lowest BCUT2D eigenvalue weighted by Gasteiger charge is -2.27. The van der Waals surface area contributed by atoms with Gasteiger partial charge in [-0.1, -0.05) is 35.5 Å². The first-order valence-electron chi connectivity index (χ1n) is 7.90. The topological polar surface area (TPSA) is 38.7 Å². The molecule has 6 heteroatoms. The van der Waals surface area contributed by atoms with Crippen LogP contribution < -0.4 is 0 Å². The van der Waals surface area contributed by atoms with E-state index in [1.54, 1.807) is 0 Å². The van der Waals surface area contributed by atoms with Gasteiger partial charge < -0.3 is 4.84 Å². The Morgan fingerprint density at radius 3 is 2.28 bits per heavy atom. The lowest BCUT2D eigenvalue weighted by Crippen LogP contribution is -2.26. The third-order valence-corrected chi connectivity index (χ3v) is 4.12. The number of halogens is 3. The van der Waals surface area contributed by atoms with Crippen LogP contribution in [0.25, 0.3) is 0 Å². The molecule has 0 spiro atoms. The first kappa shape index (κ1) is 17.2. The summed E-state index contributed by atoms with van der Waals surface area (Å²) >= 11 is 0. The molecule has 130 valence electrons. The molecular weight excluding hydrogens is 331 g/mol. The average molecular weight is 347 g/mol. The molecule has 1 saturated carbocycles. The van der Waals surface area contributed by atoms with E-state index in [1.165, 1.54) is 5.56 Å². The van der Waals surface area contributed by atoms with Gasteiger partial charge in [0.25, 0.3) is 0 Å². The van der Waals surface area contributed by atoms with Crippen LogP contribution in [0.2, 0.25) is 0 Å². The highest BCUT2D eigenvalue weighted by Crippen LogP contribution is 2.30. The fourth-order valence-electron chi connectivity index (χ4n) is 2.73. The highest BCUT2D eigenvalue weighted by atomic mass is 19.4. The summed E-state index contributed by atoms with van der Waals surface area (Å²) in [4.78, 5) is 16.6. The van der Waals surface area contributed by atoms with Gasteiger partial charge in [-0.05, 0) is 55.0 Å². The standard InChI is InChI=1S/C19H16F3NO2/c20-19(21,22)16-8-6-15(7-9-16)18(24)25-23-17-11-14(12-17)10-13-4-2-1-3-5-13/h1-9,14H,10-12H2. The van der Waals surface area contributed by atoms with Gasteiger partial charge in [0.05, 0.1) is 16.8 Å². The predicted octanol–water partition coefficient (Wildman–Crippen LogP) is 4.87. The first-order valence-corrected chi connectivity index (χ1v) is 7.90. The summed E-state index contributed by atoms with van der Waals surface area (Å²) in [5.74, 6) is -0.279. The number of rotatable bonds is 4. The fraction of sp³-hybridized carbons (Fsp3) is 0.263. The average Bonchev–Trinajstić information content (AvgIpc) is 2.56. The number of alkyl halides is 3. The van der Waals surface area contributed by atoms with Crippen LogP contribution in [0.4, 0.5) is 13.2 Å². The van der Waals surface area contributed by atoms with E-state index in [0.717, 1.165) is 49.2 Å². The van der Waals surface area contributed by atoms with Gasteiger partial charge in [0, 0.05) is 0 Å². The molecule has 0 amide bonds. The normalized spacial score (nSPS) is 16.9. The minimum Gasteiger partial charge on any atom is -0.313 e. The zero-order chi connectivity index (χ0) is 17.9. The van der Waals surface area contributed by atoms with Gasteiger partial charge in [0.1, 0.15) is 0 Å². The fourth-order valence-corrected chi connectivity index (χ4v) is 2.73. The van der Waals surface area contributed by atoms with E-state index in [0.29, 0.717) is 5.92 Å². The molecule has 2 aromatic carbocycles. The van der Waals surface area contributed by atoms with Crippen LogP contribution in [0.3, 0.4) is 0 Å². The van der Waals surface area contributed by atoms with Crippen LogP contribution in [-0.2, 0) is 17.4 Å². The summed E-state index contributed by atoms with van der Waals surface area (Å²) in [6.07, 6.45) is -1.96. The molecule has 0 aliphatic heterocycles. The van der Waals surface area contributed by atoms with Gasteiger partial charge in [-0.15, -0.1) is 0 Å². The molecule has 1 aliphatic carbocycles. The zero-order valence-electron chi connectivity index (χ0n) is 13.3. The molecule has 2 aromatic rings. The SMILES string of the molecule is O=C(ON=C1CC(Cc2ccccc2)C1)c1ccc(C(F)(F)F)cc1. The Kier molecular flexibility index (Phi) is 4.88. The van der Waals surface area contributed by atoms with Crippen molar-refractivity contribution in [1.29, 1.82) is 0 Å². The van der Waals surface area contributed by atoms with Crippen molar-refractivity contribution < 1.29 is 22.8 Å². The molecule has 0 bridgehead atoms. The van der Waals surface area contributed by atoms with Crippen LogP contribution in [-0.4, -0.2) is 11.7 Å².